The van der Waals surface area contributed by atoms with Gasteiger partial charge in [-0.3, -0.25) is 0 Å². The molecule has 0 aromatic heterocycles. The molecule has 2 rings (SSSR count). The van der Waals surface area contributed by atoms with E-state index in [0.717, 1.165) is 6.54 Å². The molecule has 2 N–H and O–H groups in total. The van der Waals surface area contributed by atoms with Crippen LogP contribution in [0.1, 0.15) is 19.3 Å². The van der Waals surface area contributed by atoms with Crippen molar-refractivity contribution in [2.24, 2.45) is 11.1 Å². The van der Waals surface area contributed by atoms with Crippen LogP contribution in [-0.2, 0) is 0 Å². The molecule has 58 valence electrons. The van der Waals surface area contributed by atoms with E-state index < -0.39 is 0 Å². The lowest BCUT2D eigenvalue weighted by atomic mass is 9.89. The number of rotatable bonds is 0. The number of nitrogens with zero attached hydrogens (tertiary/aromatic N) is 1. The summed E-state index contributed by atoms with van der Waals surface area (Å²) >= 11 is 0. The molecule has 0 amide bonds. The molecule has 1 spiro atoms. The fourth-order valence-corrected chi connectivity index (χ4v) is 2.00. The normalized spacial score (nSPS) is 38.4. The fourth-order valence-electron chi connectivity index (χ4n) is 2.00. The highest BCUT2D eigenvalue weighted by Gasteiger charge is 2.49. The van der Waals surface area contributed by atoms with Gasteiger partial charge in [0.15, 0.2) is 0 Å². The molecule has 2 heteroatoms. The standard InChI is InChI=1S/C8H16N2/c1-10-5-4-8(2-3-8)7(9)6-10/h7H,2-6,9H2,1H3. The summed E-state index contributed by atoms with van der Waals surface area (Å²) in [7, 11) is 2.16. The Bertz CT molecular complexity index is 140. The highest BCUT2D eigenvalue weighted by atomic mass is 15.1. The van der Waals surface area contributed by atoms with Crippen molar-refractivity contribution in [3.63, 3.8) is 0 Å². The minimum atomic E-state index is 0.464. The maximum atomic E-state index is 6.02. The van der Waals surface area contributed by atoms with Crippen molar-refractivity contribution in [1.29, 1.82) is 0 Å². The molecule has 0 radical (unpaired) electrons. The van der Waals surface area contributed by atoms with Crippen LogP contribution in [0, 0.1) is 5.41 Å². The van der Waals surface area contributed by atoms with Crippen molar-refractivity contribution in [1.82, 2.24) is 4.90 Å². The zero-order valence-corrected chi connectivity index (χ0v) is 6.64. The first-order valence-electron chi connectivity index (χ1n) is 4.17. The number of hydrogen-bond acceptors (Lipinski definition) is 2. The van der Waals surface area contributed by atoms with Gasteiger partial charge in [-0.15, -0.1) is 0 Å². The Labute approximate surface area is 62.4 Å². The highest BCUT2D eigenvalue weighted by molar-refractivity contribution is 5.04. The van der Waals surface area contributed by atoms with E-state index in [4.69, 9.17) is 5.73 Å². The second kappa shape index (κ2) is 1.95. The lowest BCUT2D eigenvalue weighted by Gasteiger charge is -2.34. The Hall–Kier alpha value is -0.0800. The predicted molar refractivity (Wildman–Crippen MR) is 41.8 cm³/mol. The second-order valence-electron chi connectivity index (χ2n) is 3.98. The summed E-state index contributed by atoms with van der Waals surface area (Å²) in [6.07, 6.45) is 4.12. The smallest absolute Gasteiger partial charge is 0.0225 e. The number of nitrogens with two attached hydrogens (primary N) is 1. The van der Waals surface area contributed by atoms with Crippen molar-refractivity contribution in [3.05, 3.63) is 0 Å². The monoisotopic (exact) mass is 140 g/mol. The Morgan fingerprint density at radius 1 is 1.40 bits per heavy atom. The zero-order valence-electron chi connectivity index (χ0n) is 6.64. The first kappa shape index (κ1) is 6.62. The van der Waals surface area contributed by atoms with Crippen molar-refractivity contribution < 1.29 is 0 Å². The van der Waals surface area contributed by atoms with Crippen LogP contribution in [0.2, 0.25) is 0 Å². The van der Waals surface area contributed by atoms with Crippen LogP contribution in [0.25, 0.3) is 0 Å². The maximum Gasteiger partial charge on any atom is 0.0225 e. The topological polar surface area (TPSA) is 29.3 Å². The minimum Gasteiger partial charge on any atom is -0.326 e. The van der Waals surface area contributed by atoms with E-state index in [-0.39, 0.29) is 0 Å². The van der Waals surface area contributed by atoms with Gasteiger partial charge in [-0.2, -0.15) is 0 Å². The molecule has 1 aliphatic carbocycles. The van der Waals surface area contributed by atoms with Crippen LogP contribution in [0.4, 0.5) is 0 Å². The Morgan fingerprint density at radius 3 is 2.60 bits per heavy atom. The van der Waals surface area contributed by atoms with Gasteiger partial charge in [0.1, 0.15) is 0 Å². The SMILES string of the molecule is CN1CCC2(CC2)C(N)C1. The van der Waals surface area contributed by atoms with Gasteiger partial charge in [0.25, 0.3) is 0 Å². The van der Waals surface area contributed by atoms with Gasteiger partial charge in [0.2, 0.25) is 0 Å². The summed E-state index contributed by atoms with van der Waals surface area (Å²) < 4.78 is 0. The number of piperidine rings is 1. The molecule has 0 aromatic rings. The van der Waals surface area contributed by atoms with Gasteiger partial charge < -0.3 is 10.6 Å². The highest BCUT2D eigenvalue weighted by Crippen LogP contribution is 2.52. The zero-order chi connectivity index (χ0) is 7.19. The van der Waals surface area contributed by atoms with Gasteiger partial charge in [-0.05, 0) is 38.3 Å². The van der Waals surface area contributed by atoms with Gasteiger partial charge in [0, 0.05) is 12.6 Å². The van der Waals surface area contributed by atoms with Crippen LogP contribution in [0.3, 0.4) is 0 Å². The number of likely N-dealkylation sites (tertiary alicyclic amines) is 1. The van der Waals surface area contributed by atoms with Crippen LogP contribution < -0.4 is 5.73 Å². The molecular formula is C8H16N2. The molecule has 0 bridgehead atoms. The summed E-state index contributed by atoms with van der Waals surface area (Å²) in [4.78, 5) is 2.34. The summed E-state index contributed by atoms with van der Waals surface area (Å²) in [5.41, 5.74) is 6.63. The van der Waals surface area contributed by atoms with E-state index in [1.54, 1.807) is 0 Å². The summed E-state index contributed by atoms with van der Waals surface area (Å²) in [5.74, 6) is 0. The lowest BCUT2D eigenvalue weighted by molar-refractivity contribution is 0.176. The minimum absolute atomic E-state index is 0.464. The maximum absolute atomic E-state index is 6.02. The first-order chi connectivity index (χ1) is 4.73. The van der Waals surface area contributed by atoms with E-state index in [9.17, 15) is 0 Å². The van der Waals surface area contributed by atoms with Gasteiger partial charge in [-0.1, -0.05) is 0 Å². The Morgan fingerprint density at radius 2 is 2.10 bits per heavy atom. The third-order valence-corrected chi connectivity index (χ3v) is 3.18. The average Bonchev–Trinajstić information content (AvgIpc) is 2.62. The van der Waals surface area contributed by atoms with Crippen molar-refractivity contribution >= 4 is 0 Å². The van der Waals surface area contributed by atoms with E-state index in [1.165, 1.54) is 25.8 Å². The molecule has 1 atom stereocenters. The number of hydrogen-bond donors (Lipinski definition) is 1. The summed E-state index contributed by atoms with van der Waals surface area (Å²) in [6.45, 7) is 2.37. The van der Waals surface area contributed by atoms with Crippen LogP contribution >= 0.6 is 0 Å². The van der Waals surface area contributed by atoms with E-state index >= 15 is 0 Å². The van der Waals surface area contributed by atoms with E-state index in [2.05, 4.69) is 11.9 Å². The number of likely N-dealkylation sites (N-methyl/N-ethyl adjacent to an activating group) is 1. The van der Waals surface area contributed by atoms with E-state index in [0.29, 0.717) is 11.5 Å². The third kappa shape index (κ3) is 0.867. The molecular weight excluding hydrogens is 124 g/mol. The molecule has 0 aromatic carbocycles. The second-order valence-corrected chi connectivity index (χ2v) is 3.98. The molecule has 2 fully saturated rings. The van der Waals surface area contributed by atoms with E-state index in [1.807, 2.05) is 0 Å². The van der Waals surface area contributed by atoms with Crippen LogP contribution in [0.5, 0.6) is 0 Å². The largest absolute Gasteiger partial charge is 0.326 e. The van der Waals surface area contributed by atoms with Gasteiger partial charge >= 0.3 is 0 Å². The van der Waals surface area contributed by atoms with Crippen LogP contribution in [0.15, 0.2) is 0 Å². The van der Waals surface area contributed by atoms with Gasteiger partial charge in [0.05, 0.1) is 0 Å². The van der Waals surface area contributed by atoms with Crippen LogP contribution in [-0.4, -0.2) is 31.1 Å². The van der Waals surface area contributed by atoms with Crippen molar-refractivity contribution in [2.45, 2.75) is 25.3 Å². The Balaban J connectivity index is 2.01. The quantitative estimate of drug-likeness (QED) is 0.528. The Kier molecular flexibility index (Phi) is 1.29. The molecule has 2 aliphatic rings. The van der Waals surface area contributed by atoms with Crippen molar-refractivity contribution in [2.75, 3.05) is 20.1 Å². The third-order valence-electron chi connectivity index (χ3n) is 3.18. The fraction of sp³-hybridized carbons (Fsp3) is 1.00. The molecule has 2 nitrogen and oxygen atoms in total. The van der Waals surface area contributed by atoms with Crippen molar-refractivity contribution in [3.8, 4) is 0 Å². The first-order valence-corrected chi connectivity index (χ1v) is 4.17. The molecule has 1 saturated heterocycles. The lowest BCUT2D eigenvalue weighted by Crippen LogP contribution is -2.48. The summed E-state index contributed by atoms with van der Waals surface area (Å²) in [5, 5.41) is 0. The van der Waals surface area contributed by atoms with Gasteiger partial charge in [-0.25, -0.2) is 0 Å². The summed E-state index contributed by atoms with van der Waals surface area (Å²) in [6, 6.07) is 0.464. The molecule has 1 unspecified atom stereocenters. The molecule has 1 aliphatic heterocycles. The molecule has 10 heavy (non-hydrogen) atoms. The molecule has 1 heterocycles. The molecule has 1 saturated carbocycles. The predicted octanol–water partition coefficient (Wildman–Crippen LogP) is 0.429. The average molecular weight is 140 g/mol.